The van der Waals surface area contributed by atoms with Gasteiger partial charge in [-0.2, -0.15) is 0 Å². The maximum Gasteiger partial charge on any atom is 0.170 e. The predicted molar refractivity (Wildman–Crippen MR) is 67.1 cm³/mol. The van der Waals surface area contributed by atoms with E-state index in [1.807, 2.05) is 0 Å². The minimum absolute atomic E-state index is 0.0943. The Kier molecular flexibility index (Phi) is 6.10. The molecular weight excluding hydrogens is 237 g/mol. The van der Waals surface area contributed by atoms with Crippen LogP contribution in [0, 0.1) is 5.82 Å². The van der Waals surface area contributed by atoms with E-state index in [4.69, 9.17) is 15.7 Å². The van der Waals surface area contributed by atoms with Gasteiger partial charge in [-0.3, -0.25) is 0 Å². The summed E-state index contributed by atoms with van der Waals surface area (Å²) in [5.41, 5.74) is 6.68. The number of ether oxygens (including phenoxy) is 1. The van der Waals surface area contributed by atoms with E-state index in [0.717, 1.165) is 18.5 Å². The summed E-state index contributed by atoms with van der Waals surface area (Å²) in [6.07, 6.45) is 0.886. The highest BCUT2D eigenvalue weighted by atomic mass is 19.1. The third-order valence-corrected chi connectivity index (χ3v) is 2.47. The Bertz CT molecular complexity index is 410. The molecule has 0 fully saturated rings. The second kappa shape index (κ2) is 7.62. The number of nitrogens with one attached hydrogen (secondary N) is 1. The van der Waals surface area contributed by atoms with E-state index in [9.17, 15) is 4.39 Å². The van der Waals surface area contributed by atoms with Gasteiger partial charge in [0.15, 0.2) is 5.84 Å². The van der Waals surface area contributed by atoms with Crippen molar-refractivity contribution in [1.82, 2.24) is 5.32 Å². The van der Waals surface area contributed by atoms with Gasteiger partial charge in [0.25, 0.3) is 0 Å². The van der Waals surface area contributed by atoms with Gasteiger partial charge in [0.05, 0.1) is 0 Å². The Morgan fingerprint density at radius 1 is 1.56 bits per heavy atom. The molecule has 0 heterocycles. The molecule has 18 heavy (non-hydrogen) atoms. The Labute approximate surface area is 105 Å². The van der Waals surface area contributed by atoms with Gasteiger partial charge in [0.2, 0.25) is 0 Å². The van der Waals surface area contributed by atoms with Gasteiger partial charge in [-0.25, -0.2) is 4.39 Å². The maximum absolute atomic E-state index is 13.1. The molecule has 0 aromatic heterocycles. The zero-order valence-electron chi connectivity index (χ0n) is 10.3. The topological polar surface area (TPSA) is 79.9 Å². The smallest absolute Gasteiger partial charge is 0.170 e. The van der Waals surface area contributed by atoms with Crippen LogP contribution >= 0.6 is 0 Å². The molecule has 0 atom stereocenters. The Morgan fingerprint density at radius 2 is 2.33 bits per heavy atom. The number of hydrogen-bond donors (Lipinski definition) is 3. The lowest BCUT2D eigenvalue weighted by atomic mass is 10.1. The normalized spacial score (nSPS) is 11.8. The first-order valence-corrected chi connectivity index (χ1v) is 5.65. The number of oxime groups is 1. The summed E-state index contributed by atoms with van der Waals surface area (Å²) in [6, 6.07) is 4.22. The molecule has 0 bridgehead atoms. The molecule has 6 heteroatoms. The van der Waals surface area contributed by atoms with Crippen LogP contribution in [0.2, 0.25) is 0 Å². The zero-order valence-corrected chi connectivity index (χ0v) is 10.3. The van der Waals surface area contributed by atoms with Crippen molar-refractivity contribution in [2.45, 2.75) is 13.0 Å². The number of halogens is 1. The Morgan fingerprint density at radius 3 is 3.00 bits per heavy atom. The van der Waals surface area contributed by atoms with Crippen LogP contribution in [0.3, 0.4) is 0 Å². The van der Waals surface area contributed by atoms with Crippen molar-refractivity contribution >= 4 is 5.84 Å². The van der Waals surface area contributed by atoms with Crippen LogP contribution in [0.4, 0.5) is 4.39 Å². The first-order chi connectivity index (χ1) is 8.69. The quantitative estimate of drug-likeness (QED) is 0.224. The first kappa shape index (κ1) is 14.4. The van der Waals surface area contributed by atoms with Crippen molar-refractivity contribution in [3.05, 3.63) is 35.1 Å². The minimum Gasteiger partial charge on any atom is -0.409 e. The molecule has 4 N–H and O–H groups in total. The molecule has 0 saturated heterocycles. The monoisotopic (exact) mass is 255 g/mol. The lowest BCUT2D eigenvalue weighted by Gasteiger charge is -2.09. The molecule has 0 radical (unpaired) electrons. The van der Waals surface area contributed by atoms with Gasteiger partial charge in [-0.05, 0) is 30.7 Å². The lowest BCUT2D eigenvalue weighted by molar-refractivity contribution is 0.194. The molecule has 100 valence electrons. The first-order valence-electron chi connectivity index (χ1n) is 5.65. The highest BCUT2D eigenvalue weighted by Crippen LogP contribution is 2.11. The fourth-order valence-electron chi connectivity index (χ4n) is 1.56. The van der Waals surface area contributed by atoms with E-state index in [0.29, 0.717) is 18.7 Å². The van der Waals surface area contributed by atoms with Crippen molar-refractivity contribution in [3.63, 3.8) is 0 Å². The number of methoxy groups -OCH3 is 1. The number of nitrogens with zero attached hydrogens (tertiary/aromatic N) is 1. The SMILES string of the molecule is COCCCNCc1ccc(F)cc1/C(N)=N/O. The highest BCUT2D eigenvalue weighted by Gasteiger charge is 2.08. The van der Waals surface area contributed by atoms with Crippen LogP contribution in [0.15, 0.2) is 23.4 Å². The van der Waals surface area contributed by atoms with Gasteiger partial charge >= 0.3 is 0 Å². The number of hydrogen-bond acceptors (Lipinski definition) is 4. The molecule has 0 saturated carbocycles. The van der Waals surface area contributed by atoms with Crippen molar-refractivity contribution < 1.29 is 14.3 Å². The summed E-state index contributed by atoms with van der Waals surface area (Å²) in [7, 11) is 1.65. The third-order valence-electron chi connectivity index (χ3n) is 2.47. The number of benzene rings is 1. The summed E-state index contributed by atoms with van der Waals surface area (Å²) < 4.78 is 18.0. The van der Waals surface area contributed by atoms with E-state index < -0.39 is 5.82 Å². The third kappa shape index (κ3) is 4.31. The summed E-state index contributed by atoms with van der Waals surface area (Å²) in [6.45, 7) is 1.99. The summed E-state index contributed by atoms with van der Waals surface area (Å²) in [5.74, 6) is -0.511. The van der Waals surface area contributed by atoms with Crippen LogP contribution in [-0.4, -0.2) is 31.3 Å². The minimum atomic E-state index is -0.417. The highest BCUT2D eigenvalue weighted by molar-refractivity contribution is 5.98. The predicted octanol–water partition coefficient (Wildman–Crippen LogP) is 1.05. The number of rotatable bonds is 7. The van der Waals surface area contributed by atoms with Crippen molar-refractivity contribution in [1.29, 1.82) is 0 Å². The molecule has 0 aliphatic heterocycles. The molecule has 1 aromatic rings. The molecule has 0 aliphatic rings. The Balaban J connectivity index is 2.64. The average Bonchev–Trinajstić information content (AvgIpc) is 2.39. The summed E-state index contributed by atoms with van der Waals surface area (Å²) >= 11 is 0. The molecule has 5 nitrogen and oxygen atoms in total. The van der Waals surface area contributed by atoms with E-state index in [1.54, 1.807) is 13.2 Å². The fourth-order valence-corrected chi connectivity index (χ4v) is 1.56. The van der Waals surface area contributed by atoms with Gasteiger partial charge in [0.1, 0.15) is 5.82 Å². The van der Waals surface area contributed by atoms with Gasteiger partial charge in [0, 0.05) is 25.8 Å². The molecule has 1 aromatic carbocycles. The Hall–Kier alpha value is -1.66. The van der Waals surface area contributed by atoms with Crippen molar-refractivity contribution in [2.75, 3.05) is 20.3 Å². The molecular formula is C12H18FN3O2. The average molecular weight is 255 g/mol. The van der Waals surface area contributed by atoms with Crippen LogP contribution in [0.5, 0.6) is 0 Å². The molecule has 0 amide bonds. The van der Waals surface area contributed by atoms with Crippen LogP contribution < -0.4 is 11.1 Å². The van der Waals surface area contributed by atoms with E-state index in [1.165, 1.54) is 12.1 Å². The second-order valence-corrected chi connectivity index (χ2v) is 3.81. The van der Waals surface area contributed by atoms with Crippen LogP contribution in [-0.2, 0) is 11.3 Å². The van der Waals surface area contributed by atoms with E-state index in [2.05, 4.69) is 10.5 Å². The van der Waals surface area contributed by atoms with Crippen molar-refractivity contribution in [3.8, 4) is 0 Å². The molecule has 0 spiro atoms. The zero-order chi connectivity index (χ0) is 13.4. The van der Waals surface area contributed by atoms with Crippen LogP contribution in [0.25, 0.3) is 0 Å². The summed E-state index contributed by atoms with van der Waals surface area (Å²) in [5, 5.41) is 14.7. The molecule has 0 aliphatic carbocycles. The van der Waals surface area contributed by atoms with Crippen LogP contribution in [0.1, 0.15) is 17.5 Å². The van der Waals surface area contributed by atoms with E-state index >= 15 is 0 Å². The second-order valence-electron chi connectivity index (χ2n) is 3.81. The summed E-state index contributed by atoms with van der Waals surface area (Å²) in [4.78, 5) is 0. The largest absolute Gasteiger partial charge is 0.409 e. The fraction of sp³-hybridized carbons (Fsp3) is 0.417. The van der Waals surface area contributed by atoms with Gasteiger partial charge in [-0.15, -0.1) is 0 Å². The maximum atomic E-state index is 13.1. The number of amidine groups is 1. The van der Waals surface area contributed by atoms with Gasteiger partial charge < -0.3 is 21.0 Å². The lowest BCUT2D eigenvalue weighted by Crippen LogP contribution is -2.21. The van der Waals surface area contributed by atoms with E-state index in [-0.39, 0.29) is 5.84 Å². The van der Waals surface area contributed by atoms with Crippen molar-refractivity contribution in [2.24, 2.45) is 10.9 Å². The molecule has 0 unspecified atom stereocenters. The standard InChI is InChI=1S/C12H18FN3O2/c1-18-6-2-5-15-8-9-3-4-10(13)7-11(9)12(14)16-17/h3-4,7,15,17H,2,5-6,8H2,1H3,(H2,14,16). The van der Waals surface area contributed by atoms with Gasteiger partial charge in [-0.1, -0.05) is 11.2 Å². The number of nitrogens with two attached hydrogens (primary N) is 1. The molecule has 1 rings (SSSR count).